The Labute approximate surface area is 162 Å². The smallest absolute Gasteiger partial charge is 0.253 e. The van der Waals surface area contributed by atoms with Crippen LogP contribution in [0.1, 0.15) is 35.5 Å². The van der Waals surface area contributed by atoms with E-state index in [-0.39, 0.29) is 17.7 Å². The molecule has 0 atom stereocenters. The third-order valence-electron chi connectivity index (χ3n) is 4.81. The van der Waals surface area contributed by atoms with Gasteiger partial charge in [-0.05, 0) is 24.6 Å². The third kappa shape index (κ3) is 3.40. The number of rotatable bonds is 5. The summed E-state index contributed by atoms with van der Waals surface area (Å²) in [6.45, 7) is 4.78. The first-order valence-corrected chi connectivity index (χ1v) is 9.29. The van der Waals surface area contributed by atoms with Gasteiger partial charge in [0.1, 0.15) is 0 Å². The molecule has 0 aromatic carbocycles. The molecule has 3 aromatic heterocycles. The van der Waals surface area contributed by atoms with E-state index in [1.165, 1.54) is 0 Å². The highest BCUT2D eigenvalue weighted by Crippen LogP contribution is 2.33. The topological polar surface area (TPSA) is 105 Å². The second-order valence-electron chi connectivity index (χ2n) is 7.13. The molecule has 28 heavy (non-hydrogen) atoms. The number of aryl methyl sites for hydroxylation is 1. The number of hydrogen-bond donors (Lipinski definition) is 3. The Hall–Kier alpha value is -3.42. The predicted octanol–water partition coefficient (Wildman–Crippen LogP) is 2.35. The summed E-state index contributed by atoms with van der Waals surface area (Å²) in [7, 11) is 0. The fraction of sp³-hybridized carbons (Fsp3) is 0.300. The molecule has 144 valence electrons. The molecule has 0 radical (unpaired) electrons. The first-order valence-electron chi connectivity index (χ1n) is 9.29. The zero-order chi connectivity index (χ0) is 19.7. The van der Waals surface area contributed by atoms with Crippen LogP contribution >= 0.6 is 0 Å². The molecule has 0 fully saturated rings. The number of aromatic nitrogens is 4. The number of carbonyl (C=O) groups is 2. The standard InChI is InChI=1S/C20H22N6O2/c1-12(2)19(27)23-18-15-6-8-26-11-13(9-16(26)17(15)24-25-18)20(28)22-10-14-5-3-4-7-21-14/h3-5,7,9,11-12H,6,8,10H2,1-2H3,(H,22,28)(H2,23,24,25,27). The van der Waals surface area contributed by atoms with E-state index in [1.807, 2.05) is 48.9 Å². The molecule has 0 spiro atoms. The lowest BCUT2D eigenvalue weighted by molar-refractivity contribution is -0.118. The van der Waals surface area contributed by atoms with Crippen LogP contribution in [0.4, 0.5) is 5.82 Å². The van der Waals surface area contributed by atoms with Crippen molar-refractivity contribution in [1.82, 2.24) is 25.1 Å². The molecule has 4 rings (SSSR count). The van der Waals surface area contributed by atoms with E-state index < -0.39 is 0 Å². The van der Waals surface area contributed by atoms with Crippen LogP contribution in [-0.2, 0) is 24.3 Å². The zero-order valence-corrected chi connectivity index (χ0v) is 15.8. The van der Waals surface area contributed by atoms with Crippen molar-refractivity contribution >= 4 is 17.6 Å². The van der Waals surface area contributed by atoms with Crippen molar-refractivity contribution in [3.8, 4) is 11.4 Å². The van der Waals surface area contributed by atoms with Crippen molar-refractivity contribution in [3.05, 3.63) is 53.5 Å². The average Bonchev–Trinajstić information content (AvgIpc) is 3.31. The molecule has 0 unspecified atom stereocenters. The van der Waals surface area contributed by atoms with Crippen LogP contribution in [0.15, 0.2) is 36.7 Å². The maximum Gasteiger partial charge on any atom is 0.253 e. The number of nitrogens with zero attached hydrogens (tertiary/aromatic N) is 3. The molecule has 0 saturated carbocycles. The second-order valence-corrected chi connectivity index (χ2v) is 7.13. The lowest BCUT2D eigenvalue weighted by Gasteiger charge is -2.16. The number of hydrogen-bond acceptors (Lipinski definition) is 4. The zero-order valence-electron chi connectivity index (χ0n) is 15.8. The largest absolute Gasteiger partial charge is 0.346 e. The average molecular weight is 378 g/mol. The van der Waals surface area contributed by atoms with Gasteiger partial charge < -0.3 is 15.2 Å². The molecular weight excluding hydrogens is 356 g/mol. The van der Waals surface area contributed by atoms with Gasteiger partial charge in [-0.25, -0.2) is 0 Å². The summed E-state index contributed by atoms with van der Waals surface area (Å²) in [5.74, 6) is 0.239. The number of aromatic amines is 1. The molecule has 1 aliphatic rings. The van der Waals surface area contributed by atoms with Crippen LogP contribution < -0.4 is 10.6 Å². The number of amides is 2. The molecule has 3 N–H and O–H groups in total. The summed E-state index contributed by atoms with van der Waals surface area (Å²) in [6.07, 6.45) is 4.28. The van der Waals surface area contributed by atoms with Gasteiger partial charge in [-0.2, -0.15) is 5.10 Å². The summed E-state index contributed by atoms with van der Waals surface area (Å²) >= 11 is 0. The number of H-pyrrole nitrogens is 1. The van der Waals surface area contributed by atoms with Crippen LogP contribution in [0.3, 0.4) is 0 Å². The SMILES string of the molecule is CC(C)C(=O)Nc1n[nH]c2c1CCn1cc(C(=O)NCc3ccccn3)cc1-2. The molecule has 8 nitrogen and oxygen atoms in total. The summed E-state index contributed by atoms with van der Waals surface area (Å²) < 4.78 is 2.03. The van der Waals surface area contributed by atoms with Crippen molar-refractivity contribution in [1.29, 1.82) is 0 Å². The maximum absolute atomic E-state index is 12.5. The predicted molar refractivity (Wildman–Crippen MR) is 105 cm³/mol. The van der Waals surface area contributed by atoms with Crippen molar-refractivity contribution in [2.45, 2.75) is 33.4 Å². The Balaban J connectivity index is 1.52. The van der Waals surface area contributed by atoms with Crippen molar-refractivity contribution < 1.29 is 9.59 Å². The van der Waals surface area contributed by atoms with Gasteiger partial charge in [-0.3, -0.25) is 19.7 Å². The van der Waals surface area contributed by atoms with Crippen LogP contribution in [0.25, 0.3) is 11.4 Å². The summed E-state index contributed by atoms with van der Waals surface area (Å²) in [5.41, 5.74) is 4.10. The van der Waals surface area contributed by atoms with E-state index in [0.29, 0.717) is 17.9 Å². The van der Waals surface area contributed by atoms with E-state index in [0.717, 1.165) is 35.6 Å². The maximum atomic E-state index is 12.5. The van der Waals surface area contributed by atoms with Gasteiger partial charge in [0, 0.05) is 30.4 Å². The number of anilines is 1. The van der Waals surface area contributed by atoms with E-state index in [2.05, 4.69) is 25.8 Å². The van der Waals surface area contributed by atoms with Crippen molar-refractivity contribution in [3.63, 3.8) is 0 Å². The number of pyridine rings is 1. The van der Waals surface area contributed by atoms with E-state index in [1.54, 1.807) is 6.20 Å². The molecule has 0 bridgehead atoms. The number of fused-ring (bicyclic) bond motifs is 3. The van der Waals surface area contributed by atoms with Gasteiger partial charge in [0.25, 0.3) is 5.91 Å². The van der Waals surface area contributed by atoms with Gasteiger partial charge >= 0.3 is 0 Å². The van der Waals surface area contributed by atoms with Crippen molar-refractivity contribution in [2.24, 2.45) is 5.92 Å². The molecular formula is C20H22N6O2. The molecule has 0 aliphatic carbocycles. The second kappa shape index (κ2) is 7.30. The Morgan fingerprint density at radius 3 is 2.93 bits per heavy atom. The van der Waals surface area contributed by atoms with Gasteiger partial charge in [0.15, 0.2) is 5.82 Å². The highest BCUT2D eigenvalue weighted by atomic mass is 16.2. The van der Waals surface area contributed by atoms with E-state index >= 15 is 0 Å². The lowest BCUT2D eigenvalue weighted by atomic mass is 10.1. The van der Waals surface area contributed by atoms with E-state index in [4.69, 9.17) is 0 Å². The molecule has 3 aromatic rings. The van der Waals surface area contributed by atoms with Crippen LogP contribution in [-0.4, -0.2) is 31.6 Å². The molecule has 8 heteroatoms. The number of carbonyl (C=O) groups excluding carboxylic acids is 2. The molecule has 1 aliphatic heterocycles. The molecule has 4 heterocycles. The van der Waals surface area contributed by atoms with E-state index in [9.17, 15) is 9.59 Å². The monoisotopic (exact) mass is 378 g/mol. The first kappa shape index (κ1) is 18.0. The first-order chi connectivity index (χ1) is 13.5. The Morgan fingerprint density at radius 1 is 1.32 bits per heavy atom. The fourth-order valence-electron chi connectivity index (χ4n) is 3.22. The van der Waals surface area contributed by atoms with Gasteiger partial charge in [-0.15, -0.1) is 0 Å². The van der Waals surface area contributed by atoms with Gasteiger partial charge in [0.05, 0.1) is 29.2 Å². The minimum absolute atomic E-state index is 0.0650. The minimum Gasteiger partial charge on any atom is -0.346 e. The summed E-state index contributed by atoms with van der Waals surface area (Å²) in [4.78, 5) is 28.7. The Morgan fingerprint density at radius 2 is 2.18 bits per heavy atom. The molecule has 2 amide bonds. The quantitative estimate of drug-likeness (QED) is 0.634. The summed E-state index contributed by atoms with van der Waals surface area (Å²) in [6, 6.07) is 7.45. The van der Waals surface area contributed by atoms with Crippen molar-refractivity contribution in [2.75, 3.05) is 5.32 Å². The van der Waals surface area contributed by atoms with Crippen LogP contribution in [0.5, 0.6) is 0 Å². The Bertz CT molecular complexity index is 1020. The number of nitrogens with one attached hydrogen (secondary N) is 3. The van der Waals surface area contributed by atoms with Gasteiger partial charge in [-0.1, -0.05) is 19.9 Å². The fourth-order valence-corrected chi connectivity index (χ4v) is 3.22. The highest BCUT2D eigenvalue weighted by molar-refractivity contribution is 5.96. The third-order valence-corrected chi connectivity index (χ3v) is 4.81. The Kier molecular flexibility index (Phi) is 4.68. The minimum atomic E-state index is -0.151. The van der Waals surface area contributed by atoms with Crippen LogP contribution in [0, 0.1) is 5.92 Å². The molecule has 0 saturated heterocycles. The van der Waals surface area contributed by atoms with Crippen LogP contribution in [0.2, 0.25) is 0 Å². The normalized spacial score (nSPS) is 12.4. The van der Waals surface area contributed by atoms with Gasteiger partial charge in [0.2, 0.25) is 5.91 Å². The summed E-state index contributed by atoms with van der Waals surface area (Å²) in [5, 5.41) is 13.0. The lowest BCUT2D eigenvalue weighted by Crippen LogP contribution is -2.22. The highest BCUT2D eigenvalue weighted by Gasteiger charge is 2.25.